The van der Waals surface area contributed by atoms with Gasteiger partial charge in [0.15, 0.2) is 5.78 Å². The molecule has 0 saturated heterocycles. The van der Waals surface area contributed by atoms with Crippen molar-refractivity contribution in [2.75, 3.05) is 0 Å². The van der Waals surface area contributed by atoms with Crippen molar-refractivity contribution in [2.45, 2.75) is 117 Å². The van der Waals surface area contributed by atoms with Gasteiger partial charge in [0.1, 0.15) is 0 Å². The van der Waals surface area contributed by atoms with Crippen LogP contribution in [0.15, 0.2) is 36.4 Å². The monoisotopic (exact) mass is 470 g/mol. The summed E-state index contributed by atoms with van der Waals surface area (Å²) >= 11 is 0. The molecule has 1 fully saturated rings. The van der Waals surface area contributed by atoms with Crippen molar-refractivity contribution in [3.05, 3.63) is 58.7 Å². The molecule has 0 bridgehead atoms. The maximum atomic E-state index is 12.5. The summed E-state index contributed by atoms with van der Waals surface area (Å²) < 4.78 is 0. The summed E-state index contributed by atoms with van der Waals surface area (Å²) in [7, 11) is 0. The van der Waals surface area contributed by atoms with Gasteiger partial charge in [-0.05, 0) is 87.7 Å². The third-order valence-corrected chi connectivity index (χ3v) is 8.75. The van der Waals surface area contributed by atoms with Crippen molar-refractivity contribution >= 4 is 27.3 Å². The van der Waals surface area contributed by atoms with Crippen molar-refractivity contribution in [3.63, 3.8) is 0 Å². The Kier molecular flexibility index (Phi) is 8.35. The number of rotatable bonds is 10. The Hall–Kier alpha value is -2.15. The molecule has 0 aromatic heterocycles. The molecule has 2 aliphatic rings. The smallest absolute Gasteiger partial charge is 0.163 e. The molecule has 0 N–H and O–H groups in total. The Morgan fingerprint density at radius 2 is 1.63 bits per heavy atom. The first kappa shape index (κ1) is 25.9. The normalized spacial score (nSPS) is 16.8. The summed E-state index contributed by atoms with van der Waals surface area (Å²) in [4.78, 5) is 12.5. The second-order valence-electron chi connectivity index (χ2n) is 11.3. The average Bonchev–Trinajstić information content (AvgIpc) is 3.53. The van der Waals surface area contributed by atoms with Gasteiger partial charge >= 0.3 is 0 Å². The van der Waals surface area contributed by atoms with E-state index in [1.54, 1.807) is 0 Å². The van der Waals surface area contributed by atoms with Crippen LogP contribution < -0.4 is 0 Å². The Balaban J connectivity index is 0.00000141. The zero-order chi connectivity index (χ0) is 25.0. The molecule has 35 heavy (non-hydrogen) atoms. The minimum absolute atomic E-state index is 0.327. The lowest BCUT2D eigenvalue weighted by molar-refractivity contribution is 0.0994. The van der Waals surface area contributed by atoms with E-state index in [4.69, 9.17) is 0 Å². The van der Waals surface area contributed by atoms with Crippen LogP contribution in [0, 0.1) is 5.92 Å². The van der Waals surface area contributed by atoms with E-state index in [1.165, 1.54) is 96.0 Å². The van der Waals surface area contributed by atoms with Crippen LogP contribution in [0.4, 0.5) is 0 Å². The van der Waals surface area contributed by atoms with Crippen LogP contribution >= 0.6 is 0 Å². The van der Waals surface area contributed by atoms with Crippen LogP contribution in [0.5, 0.6) is 0 Å². The predicted molar refractivity (Wildman–Crippen MR) is 153 cm³/mol. The molecule has 1 unspecified atom stereocenters. The van der Waals surface area contributed by atoms with E-state index in [0.717, 1.165) is 24.3 Å². The Morgan fingerprint density at radius 1 is 0.886 bits per heavy atom. The number of carbonyl (C=O) groups excluding carboxylic acids is 1. The van der Waals surface area contributed by atoms with E-state index in [9.17, 15) is 4.79 Å². The highest BCUT2D eigenvalue weighted by Gasteiger charge is 2.39. The Bertz CT molecular complexity index is 1180. The second-order valence-corrected chi connectivity index (χ2v) is 11.3. The third kappa shape index (κ3) is 5.50. The first-order valence-electron chi connectivity index (χ1n) is 14.5. The zero-order valence-corrected chi connectivity index (χ0v) is 22.9. The molecule has 3 aromatic carbocycles. The first-order chi connectivity index (χ1) is 17.0. The summed E-state index contributed by atoms with van der Waals surface area (Å²) in [5.74, 6) is 1.21. The van der Waals surface area contributed by atoms with Crippen LogP contribution in [0.2, 0.25) is 0 Å². The molecule has 0 aliphatic heterocycles. The van der Waals surface area contributed by atoms with Crippen molar-refractivity contribution in [1.29, 1.82) is 0 Å². The van der Waals surface area contributed by atoms with Gasteiger partial charge in [0.25, 0.3) is 0 Å². The fourth-order valence-corrected chi connectivity index (χ4v) is 5.88. The molecule has 3 aromatic rings. The molecule has 0 spiro atoms. The maximum absolute atomic E-state index is 12.5. The van der Waals surface area contributed by atoms with Crippen molar-refractivity contribution in [3.8, 4) is 0 Å². The van der Waals surface area contributed by atoms with Gasteiger partial charge in [0, 0.05) is 12.0 Å². The fraction of sp³-hybridized carbons (Fsp3) is 0.559. The zero-order valence-electron chi connectivity index (χ0n) is 22.9. The minimum atomic E-state index is 0.327. The van der Waals surface area contributed by atoms with Crippen LogP contribution in [-0.2, 0) is 18.3 Å². The quantitative estimate of drug-likeness (QED) is 0.213. The van der Waals surface area contributed by atoms with E-state index in [0.29, 0.717) is 17.6 Å². The third-order valence-electron chi connectivity index (χ3n) is 8.75. The summed E-state index contributed by atoms with van der Waals surface area (Å²) in [6, 6.07) is 14.0. The van der Waals surface area contributed by atoms with E-state index in [-0.39, 0.29) is 0 Å². The number of aryl methyl sites for hydroxylation is 2. The summed E-state index contributed by atoms with van der Waals surface area (Å²) in [5.41, 5.74) is 5.60. The molecule has 1 atom stereocenters. The van der Waals surface area contributed by atoms with E-state index < -0.39 is 0 Å². The highest BCUT2D eigenvalue weighted by atomic mass is 16.1. The molecular weight excluding hydrogens is 424 g/mol. The van der Waals surface area contributed by atoms with Crippen LogP contribution in [0.25, 0.3) is 21.5 Å². The summed E-state index contributed by atoms with van der Waals surface area (Å²) in [5, 5.41) is 5.50. The van der Waals surface area contributed by atoms with Crippen molar-refractivity contribution in [2.24, 2.45) is 5.92 Å². The largest absolute Gasteiger partial charge is 0.294 e. The number of ketones is 1. The number of Topliss-reactive ketones (excluding diaryl/α,β-unsaturated/α-hetero) is 1. The number of benzene rings is 3. The number of hydrogen-bond donors (Lipinski definition) is 0. The van der Waals surface area contributed by atoms with E-state index >= 15 is 0 Å². The lowest BCUT2D eigenvalue weighted by atomic mass is 9.87. The molecule has 1 heteroatoms. The standard InChI is InChI=1S/C32H40O.C2H6/c1-4-22(2)10-8-6-5-7-9-11-23-20-24-12-13-25(32(3)18-19-32)21-29(24)31-26(23)14-15-27-28(31)16-17-30(27)33;1-2/h12-15,20-22H,4-11,16-19H2,1-3H3;1-2H3. The topological polar surface area (TPSA) is 17.1 Å². The van der Waals surface area contributed by atoms with Gasteiger partial charge in [0.2, 0.25) is 0 Å². The predicted octanol–water partition coefficient (Wildman–Crippen LogP) is 10.1. The molecule has 188 valence electrons. The van der Waals surface area contributed by atoms with Gasteiger partial charge < -0.3 is 0 Å². The SMILES string of the molecule is CC.CCC(C)CCCCCCCc1cc2ccc(C3(C)CC3)cc2c2c3c(ccc12)C(=O)CC3. The van der Waals surface area contributed by atoms with Gasteiger partial charge in [0.05, 0.1) is 0 Å². The average molecular weight is 471 g/mol. The Labute approximate surface area is 213 Å². The molecule has 5 rings (SSSR count). The van der Waals surface area contributed by atoms with E-state index in [2.05, 4.69) is 57.2 Å². The lowest BCUT2D eigenvalue weighted by Crippen LogP contribution is -2.00. The molecule has 0 heterocycles. The highest BCUT2D eigenvalue weighted by molar-refractivity contribution is 6.15. The molecule has 1 nitrogen and oxygen atoms in total. The van der Waals surface area contributed by atoms with E-state index in [1.807, 2.05) is 13.8 Å². The number of hydrogen-bond acceptors (Lipinski definition) is 1. The second kappa shape index (κ2) is 11.3. The molecule has 1 saturated carbocycles. The van der Waals surface area contributed by atoms with Gasteiger partial charge in [-0.3, -0.25) is 4.79 Å². The molecular formula is C34H46O. The summed E-state index contributed by atoms with van der Waals surface area (Å²) in [6.45, 7) is 11.1. The highest BCUT2D eigenvalue weighted by Crippen LogP contribution is 2.49. The van der Waals surface area contributed by atoms with Crippen LogP contribution in [-0.4, -0.2) is 5.78 Å². The van der Waals surface area contributed by atoms with Crippen molar-refractivity contribution < 1.29 is 4.79 Å². The van der Waals surface area contributed by atoms with Crippen LogP contribution in [0.3, 0.4) is 0 Å². The lowest BCUT2D eigenvalue weighted by Gasteiger charge is -2.16. The maximum Gasteiger partial charge on any atom is 0.163 e. The van der Waals surface area contributed by atoms with Crippen LogP contribution in [0.1, 0.15) is 126 Å². The Morgan fingerprint density at radius 3 is 2.37 bits per heavy atom. The number of carbonyl (C=O) groups is 1. The number of unbranched alkanes of at least 4 members (excludes halogenated alkanes) is 4. The fourth-order valence-electron chi connectivity index (χ4n) is 5.88. The molecule has 2 aliphatic carbocycles. The minimum Gasteiger partial charge on any atom is -0.294 e. The molecule has 0 radical (unpaired) electrons. The number of fused-ring (bicyclic) bond motifs is 5. The summed E-state index contributed by atoms with van der Waals surface area (Å²) in [6.07, 6.45) is 14.7. The van der Waals surface area contributed by atoms with Gasteiger partial charge in [-0.25, -0.2) is 0 Å². The van der Waals surface area contributed by atoms with Gasteiger partial charge in [-0.2, -0.15) is 0 Å². The van der Waals surface area contributed by atoms with Gasteiger partial charge in [-0.15, -0.1) is 0 Å². The molecule has 0 amide bonds. The van der Waals surface area contributed by atoms with Crippen molar-refractivity contribution in [1.82, 2.24) is 0 Å². The van der Waals surface area contributed by atoms with Gasteiger partial charge in [-0.1, -0.05) is 103 Å². The first-order valence-corrected chi connectivity index (χ1v) is 14.5.